The van der Waals surface area contributed by atoms with Gasteiger partial charge in [-0.1, -0.05) is 6.07 Å². The number of methoxy groups -OCH3 is 1. The molecule has 2 N–H and O–H groups in total. The largest absolute Gasteiger partial charge is 0.494 e. The van der Waals surface area contributed by atoms with Crippen LogP contribution < -0.4 is 10.5 Å². The number of unbranched alkanes of at least 4 members (excludes halogenated alkanes) is 1. The number of nitrogens with two attached hydrogens (primary N) is 1. The Kier molecular flexibility index (Phi) is 5.62. The summed E-state index contributed by atoms with van der Waals surface area (Å²) in [4.78, 5) is 11.1. The van der Waals surface area contributed by atoms with Crippen molar-refractivity contribution in [2.75, 3.05) is 13.7 Å². The minimum atomic E-state index is -0.139. The predicted molar refractivity (Wildman–Crippen MR) is 82.6 cm³/mol. The summed E-state index contributed by atoms with van der Waals surface area (Å²) in [6.07, 6.45) is 5.11. The second-order valence-corrected chi connectivity index (χ2v) is 5.61. The van der Waals surface area contributed by atoms with Crippen LogP contribution in [0.25, 0.3) is 0 Å². The van der Waals surface area contributed by atoms with Gasteiger partial charge in [0.25, 0.3) is 0 Å². The molecule has 4 heteroatoms. The van der Waals surface area contributed by atoms with E-state index in [2.05, 4.69) is 16.9 Å². The molecule has 0 bridgehead atoms. The van der Waals surface area contributed by atoms with Gasteiger partial charge in [0.15, 0.2) is 0 Å². The summed E-state index contributed by atoms with van der Waals surface area (Å²) in [6.45, 7) is 2.67. The molecule has 0 fully saturated rings. The summed E-state index contributed by atoms with van der Waals surface area (Å²) < 4.78 is 10.4. The predicted octanol–water partition coefficient (Wildman–Crippen LogP) is 2.40. The Hall–Kier alpha value is -1.55. The highest BCUT2D eigenvalue weighted by molar-refractivity contribution is 5.69. The normalized spacial score (nSPS) is 16.6. The zero-order valence-electron chi connectivity index (χ0n) is 13.0. The topological polar surface area (TPSA) is 61.5 Å². The van der Waals surface area contributed by atoms with Gasteiger partial charge in [0.1, 0.15) is 5.75 Å². The van der Waals surface area contributed by atoms with Gasteiger partial charge < -0.3 is 15.2 Å². The summed E-state index contributed by atoms with van der Waals surface area (Å²) in [6, 6.07) is 4.64. The van der Waals surface area contributed by atoms with Crippen LogP contribution in [-0.2, 0) is 28.8 Å². The maximum Gasteiger partial charge on any atom is 0.305 e. The molecule has 4 nitrogen and oxygen atoms in total. The molecule has 1 aliphatic carbocycles. The first kappa shape index (κ1) is 15.8. The van der Waals surface area contributed by atoms with Crippen LogP contribution in [-0.4, -0.2) is 25.7 Å². The standard InChI is InChI=1S/C17H25NO3/c1-3-21-16-11-14-10-15(18)9-13(14)8-12(16)6-4-5-7-17(19)20-2/h8,11,15H,3-7,9-10,18H2,1-2H3. The molecule has 2 rings (SSSR count). The minimum absolute atomic E-state index is 0.139. The van der Waals surface area contributed by atoms with Crippen molar-refractivity contribution in [1.82, 2.24) is 0 Å². The summed E-state index contributed by atoms with van der Waals surface area (Å²) in [7, 11) is 1.43. The monoisotopic (exact) mass is 291 g/mol. The third-order valence-electron chi connectivity index (χ3n) is 3.95. The fraction of sp³-hybridized carbons (Fsp3) is 0.588. The van der Waals surface area contributed by atoms with Gasteiger partial charge in [0, 0.05) is 12.5 Å². The van der Waals surface area contributed by atoms with Crippen LogP contribution in [0.3, 0.4) is 0 Å². The van der Waals surface area contributed by atoms with Gasteiger partial charge in [0.2, 0.25) is 0 Å². The third kappa shape index (κ3) is 4.21. The van der Waals surface area contributed by atoms with E-state index in [1.54, 1.807) is 0 Å². The van der Waals surface area contributed by atoms with Gasteiger partial charge in [0.05, 0.1) is 13.7 Å². The molecule has 0 radical (unpaired) electrons. The summed E-state index contributed by atoms with van der Waals surface area (Å²) in [5.41, 5.74) is 9.95. The Morgan fingerprint density at radius 3 is 2.67 bits per heavy atom. The highest BCUT2D eigenvalue weighted by atomic mass is 16.5. The molecule has 0 spiro atoms. The van der Waals surface area contributed by atoms with Crippen LogP contribution in [0, 0.1) is 0 Å². The van der Waals surface area contributed by atoms with E-state index in [4.69, 9.17) is 10.5 Å². The van der Waals surface area contributed by atoms with Gasteiger partial charge in [-0.25, -0.2) is 0 Å². The molecule has 1 aromatic rings. The molecule has 116 valence electrons. The number of hydrogen-bond acceptors (Lipinski definition) is 4. The van der Waals surface area contributed by atoms with E-state index in [0.717, 1.165) is 37.9 Å². The molecule has 0 heterocycles. The number of ether oxygens (including phenoxy) is 2. The third-order valence-corrected chi connectivity index (χ3v) is 3.95. The van der Waals surface area contributed by atoms with Crippen LogP contribution in [0.15, 0.2) is 12.1 Å². The second-order valence-electron chi connectivity index (χ2n) is 5.61. The fourth-order valence-electron chi connectivity index (χ4n) is 2.91. The number of benzene rings is 1. The van der Waals surface area contributed by atoms with Crippen molar-refractivity contribution in [3.05, 3.63) is 28.8 Å². The van der Waals surface area contributed by atoms with E-state index >= 15 is 0 Å². The van der Waals surface area contributed by atoms with Crippen molar-refractivity contribution in [2.45, 2.75) is 51.5 Å². The van der Waals surface area contributed by atoms with Crippen molar-refractivity contribution in [2.24, 2.45) is 5.73 Å². The van der Waals surface area contributed by atoms with Crippen LogP contribution >= 0.6 is 0 Å². The molecule has 0 amide bonds. The lowest BCUT2D eigenvalue weighted by Gasteiger charge is -2.13. The lowest BCUT2D eigenvalue weighted by molar-refractivity contribution is -0.140. The van der Waals surface area contributed by atoms with Crippen molar-refractivity contribution < 1.29 is 14.3 Å². The number of aryl methyl sites for hydroxylation is 1. The van der Waals surface area contributed by atoms with Gasteiger partial charge in [-0.2, -0.15) is 0 Å². The van der Waals surface area contributed by atoms with Gasteiger partial charge in [-0.05, 0) is 61.8 Å². The zero-order chi connectivity index (χ0) is 15.2. The number of rotatable bonds is 7. The minimum Gasteiger partial charge on any atom is -0.494 e. The molecule has 1 atom stereocenters. The van der Waals surface area contributed by atoms with Crippen molar-refractivity contribution >= 4 is 5.97 Å². The Labute approximate surface area is 126 Å². The quantitative estimate of drug-likeness (QED) is 0.619. The number of fused-ring (bicyclic) bond motifs is 1. The smallest absolute Gasteiger partial charge is 0.305 e. The van der Waals surface area contributed by atoms with Gasteiger partial charge in [-0.15, -0.1) is 0 Å². The Morgan fingerprint density at radius 2 is 2.00 bits per heavy atom. The highest BCUT2D eigenvalue weighted by Gasteiger charge is 2.20. The number of esters is 1. The highest BCUT2D eigenvalue weighted by Crippen LogP contribution is 2.30. The maximum absolute atomic E-state index is 11.1. The van der Waals surface area contributed by atoms with Crippen LogP contribution in [0.2, 0.25) is 0 Å². The van der Waals surface area contributed by atoms with Crippen LogP contribution in [0.5, 0.6) is 5.75 Å². The van der Waals surface area contributed by atoms with Crippen LogP contribution in [0.1, 0.15) is 42.9 Å². The summed E-state index contributed by atoms with van der Waals surface area (Å²) in [5.74, 6) is 0.836. The summed E-state index contributed by atoms with van der Waals surface area (Å²) >= 11 is 0. The molecular weight excluding hydrogens is 266 g/mol. The maximum atomic E-state index is 11.1. The van der Waals surface area contributed by atoms with E-state index in [-0.39, 0.29) is 12.0 Å². The molecule has 1 unspecified atom stereocenters. The Balaban J connectivity index is 2.00. The first-order valence-corrected chi connectivity index (χ1v) is 7.74. The molecule has 0 saturated heterocycles. The number of hydrogen-bond donors (Lipinski definition) is 1. The SMILES string of the molecule is CCOc1cc2c(cc1CCCCC(=O)OC)CC(N)C2. The zero-order valence-corrected chi connectivity index (χ0v) is 13.0. The fourth-order valence-corrected chi connectivity index (χ4v) is 2.91. The van der Waals surface area contributed by atoms with Gasteiger partial charge in [-0.3, -0.25) is 4.79 Å². The van der Waals surface area contributed by atoms with E-state index in [1.807, 2.05) is 6.92 Å². The first-order chi connectivity index (χ1) is 10.1. The molecule has 0 aromatic heterocycles. The molecule has 1 aliphatic rings. The summed E-state index contributed by atoms with van der Waals surface area (Å²) in [5, 5.41) is 0. The Morgan fingerprint density at radius 1 is 1.29 bits per heavy atom. The van der Waals surface area contributed by atoms with Crippen molar-refractivity contribution in [3.63, 3.8) is 0 Å². The lowest BCUT2D eigenvalue weighted by atomic mass is 10.0. The molecule has 1 aromatic carbocycles. The second kappa shape index (κ2) is 7.46. The van der Waals surface area contributed by atoms with E-state index in [9.17, 15) is 4.79 Å². The molecular formula is C17H25NO3. The van der Waals surface area contributed by atoms with Crippen molar-refractivity contribution in [3.8, 4) is 5.75 Å². The van der Waals surface area contributed by atoms with Gasteiger partial charge >= 0.3 is 5.97 Å². The number of carbonyl (C=O) groups excluding carboxylic acids is 1. The van der Waals surface area contributed by atoms with E-state index < -0.39 is 0 Å². The molecule has 0 aliphatic heterocycles. The van der Waals surface area contributed by atoms with Crippen molar-refractivity contribution in [1.29, 1.82) is 0 Å². The first-order valence-electron chi connectivity index (χ1n) is 7.74. The number of carbonyl (C=O) groups is 1. The van der Waals surface area contributed by atoms with E-state index in [0.29, 0.717) is 13.0 Å². The average Bonchev–Trinajstić information content (AvgIpc) is 2.82. The molecule has 21 heavy (non-hydrogen) atoms. The lowest BCUT2D eigenvalue weighted by Crippen LogP contribution is -2.18. The van der Waals surface area contributed by atoms with E-state index in [1.165, 1.54) is 23.8 Å². The van der Waals surface area contributed by atoms with Crippen LogP contribution in [0.4, 0.5) is 0 Å². The average molecular weight is 291 g/mol. The Bertz CT molecular complexity index is 499. The molecule has 0 saturated carbocycles.